The second-order valence-electron chi connectivity index (χ2n) is 4.32. The molecule has 90 valence electrons. The van der Waals surface area contributed by atoms with Crippen molar-refractivity contribution in [3.63, 3.8) is 0 Å². The monoisotopic (exact) mass is 235 g/mol. The highest BCUT2D eigenvalue weighted by atomic mass is 32.2. The third kappa shape index (κ3) is 4.86. The highest BCUT2D eigenvalue weighted by molar-refractivity contribution is 7.99. The molecule has 0 heterocycles. The first kappa shape index (κ1) is 14.7. The SMILES string of the molecule is CSC(CO)C(C)NCC(C)(C)C(=O)O. The van der Waals surface area contributed by atoms with E-state index in [4.69, 9.17) is 10.2 Å². The first-order valence-corrected chi connectivity index (χ1v) is 6.24. The van der Waals surface area contributed by atoms with E-state index in [9.17, 15) is 4.79 Å². The van der Waals surface area contributed by atoms with Crippen LogP contribution in [0, 0.1) is 5.41 Å². The Kier molecular flexibility index (Phi) is 6.24. The van der Waals surface area contributed by atoms with Crippen LogP contribution in [0.25, 0.3) is 0 Å². The average molecular weight is 235 g/mol. The summed E-state index contributed by atoms with van der Waals surface area (Å²) in [6.45, 7) is 5.82. The lowest BCUT2D eigenvalue weighted by Crippen LogP contribution is -2.44. The second kappa shape index (κ2) is 6.35. The summed E-state index contributed by atoms with van der Waals surface area (Å²) >= 11 is 1.58. The molecule has 0 aromatic rings. The van der Waals surface area contributed by atoms with E-state index in [1.54, 1.807) is 25.6 Å². The molecule has 0 aromatic heterocycles. The number of carbonyl (C=O) groups is 1. The third-order valence-corrected chi connectivity index (χ3v) is 3.65. The highest BCUT2D eigenvalue weighted by Crippen LogP contribution is 2.16. The van der Waals surface area contributed by atoms with Gasteiger partial charge in [0.25, 0.3) is 0 Å². The molecule has 3 N–H and O–H groups in total. The maximum Gasteiger partial charge on any atom is 0.310 e. The van der Waals surface area contributed by atoms with Crippen LogP contribution in [-0.2, 0) is 4.79 Å². The molecule has 0 aromatic carbocycles. The van der Waals surface area contributed by atoms with E-state index >= 15 is 0 Å². The maximum atomic E-state index is 10.8. The molecule has 0 saturated heterocycles. The van der Waals surface area contributed by atoms with Gasteiger partial charge in [-0.3, -0.25) is 4.79 Å². The minimum absolute atomic E-state index is 0.100. The number of aliphatic hydroxyl groups is 1. The average Bonchev–Trinajstić information content (AvgIpc) is 2.16. The summed E-state index contributed by atoms with van der Waals surface area (Å²) in [7, 11) is 0. The zero-order valence-electron chi connectivity index (χ0n) is 9.78. The van der Waals surface area contributed by atoms with E-state index in [1.807, 2.05) is 13.2 Å². The van der Waals surface area contributed by atoms with Gasteiger partial charge in [-0.15, -0.1) is 0 Å². The molecule has 0 aliphatic heterocycles. The minimum atomic E-state index is -0.813. The fourth-order valence-corrected chi connectivity index (χ4v) is 1.71. The summed E-state index contributed by atoms with van der Waals surface area (Å²) in [6.07, 6.45) is 1.93. The van der Waals surface area contributed by atoms with E-state index in [2.05, 4.69) is 5.32 Å². The number of rotatable bonds is 7. The second-order valence-corrected chi connectivity index (χ2v) is 5.39. The van der Waals surface area contributed by atoms with Gasteiger partial charge in [-0.25, -0.2) is 0 Å². The summed E-state index contributed by atoms with van der Waals surface area (Å²) in [4.78, 5) is 10.8. The maximum absolute atomic E-state index is 10.8. The Morgan fingerprint density at radius 2 is 2.07 bits per heavy atom. The number of carboxylic acids is 1. The van der Waals surface area contributed by atoms with Crippen molar-refractivity contribution >= 4 is 17.7 Å². The van der Waals surface area contributed by atoms with Gasteiger partial charge in [-0.1, -0.05) is 0 Å². The van der Waals surface area contributed by atoms with Crippen molar-refractivity contribution in [1.29, 1.82) is 0 Å². The standard InChI is InChI=1S/C10H21NO3S/c1-7(8(5-12)15-4)11-6-10(2,3)9(13)14/h7-8,11-12H,5-6H2,1-4H3,(H,13,14). The lowest BCUT2D eigenvalue weighted by atomic mass is 9.93. The molecule has 0 aliphatic rings. The van der Waals surface area contributed by atoms with Crippen LogP contribution in [0.2, 0.25) is 0 Å². The molecule has 0 radical (unpaired) electrons. The molecule has 0 aliphatic carbocycles. The zero-order chi connectivity index (χ0) is 12.1. The first-order valence-electron chi connectivity index (χ1n) is 4.95. The number of aliphatic carboxylic acids is 1. The molecule has 15 heavy (non-hydrogen) atoms. The fraction of sp³-hybridized carbons (Fsp3) is 0.900. The number of aliphatic hydroxyl groups excluding tert-OH is 1. The molecular weight excluding hydrogens is 214 g/mol. The van der Waals surface area contributed by atoms with Crippen molar-refractivity contribution in [3.05, 3.63) is 0 Å². The van der Waals surface area contributed by atoms with Gasteiger partial charge in [-0.2, -0.15) is 11.8 Å². The predicted molar refractivity (Wildman–Crippen MR) is 63.3 cm³/mol. The van der Waals surface area contributed by atoms with Crippen LogP contribution in [0.5, 0.6) is 0 Å². The Hall–Kier alpha value is -0.260. The smallest absolute Gasteiger partial charge is 0.310 e. The highest BCUT2D eigenvalue weighted by Gasteiger charge is 2.28. The molecule has 2 atom stereocenters. The van der Waals surface area contributed by atoms with Crippen LogP contribution in [0.1, 0.15) is 20.8 Å². The van der Waals surface area contributed by atoms with Gasteiger partial charge < -0.3 is 15.5 Å². The van der Waals surface area contributed by atoms with Crippen molar-refractivity contribution in [2.45, 2.75) is 32.1 Å². The van der Waals surface area contributed by atoms with E-state index in [0.29, 0.717) is 6.54 Å². The molecule has 0 bridgehead atoms. The summed E-state index contributed by atoms with van der Waals surface area (Å²) < 4.78 is 0. The predicted octanol–water partition coefficient (Wildman–Crippen LogP) is 0.799. The fourth-order valence-electron chi connectivity index (χ4n) is 1.06. The summed E-state index contributed by atoms with van der Waals surface area (Å²) in [5, 5.41) is 21.2. The zero-order valence-corrected chi connectivity index (χ0v) is 10.6. The van der Waals surface area contributed by atoms with E-state index < -0.39 is 11.4 Å². The van der Waals surface area contributed by atoms with Crippen LogP contribution in [-0.4, -0.2) is 46.9 Å². The first-order chi connectivity index (χ1) is 6.85. The van der Waals surface area contributed by atoms with E-state index in [0.717, 1.165) is 0 Å². The van der Waals surface area contributed by atoms with Crippen LogP contribution in [0.4, 0.5) is 0 Å². The van der Waals surface area contributed by atoms with E-state index in [-0.39, 0.29) is 17.9 Å². The Bertz CT molecular complexity index is 205. The molecule has 2 unspecified atom stereocenters. The van der Waals surface area contributed by atoms with Gasteiger partial charge in [0.05, 0.1) is 12.0 Å². The third-order valence-electron chi connectivity index (χ3n) is 2.49. The van der Waals surface area contributed by atoms with Crippen molar-refractivity contribution < 1.29 is 15.0 Å². The Morgan fingerprint density at radius 1 is 1.53 bits per heavy atom. The molecular formula is C10H21NO3S. The van der Waals surface area contributed by atoms with Crippen LogP contribution in [0.15, 0.2) is 0 Å². The lowest BCUT2D eigenvalue weighted by Gasteiger charge is -2.26. The molecule has 0 fully saturated rings. The lowest BCUT2D eigenvalue weighted by molar-refractivity contribution is -0.146. The summed E-state index contributed by atoms with van der Waals surface area (Å²) in [5.74, 6) is -0.813. The number of hydrogen-bond acceptors (Lipinski definition) is 4. The van der Waals surface area contributed by atoms with Gasteiger partial charge in [0.15, 0.2) is 0 Å². The number of hydrogen-bond donors (Lipinski definition) is 3. The van der Waals surface area contributed by atoms with Gasteiger partial charge in [0.2, 0.25) is 0 Å². The number of nitrogens with one attached hydrogen (secondary N) is 1. The number of carboxylic acid groups (broad SMARTS) is 1. The van der Waals surface area contributed by atoms with E-state index in [1.165, 1.54) is 0 Å². The molecule has 0 rings (SSSR count). The molecule has 0 amide bonds. The molecule has 0 saturated carbocycles. The largest absolute Gasteiger partial charge is 0.481 e. The van der Waals surface area contributed by atoms with Crippen molar-refractivity contribution in [2.24, 2.45) is 5.41 Å². The van der Waals surface area contributed by atoms with Crippen LogP contribution in [0.3, 0.4) is 0 Å². The van der Waals surface area contributed by atoms with Crippen molar-refractivity contribution in [2.75, 3.05) is 19.4 Å². The Balaban J connectivity index is 4.09. The van der Waals surface area contributed by atoms with Gasteiger partial charge in [0.1, 0.15) is 0 Å². The van der Waals surface area contributed by atoms with Crippen LogP contribution < -0.4 is 5.32 Å². The van der Waals surface area contributed by atoms with Crippen molar-refractivity contribution in [1.82, 2.24) is 5.32 Å². The minimum Gasteiger partial charge on any atom is -0.481 e. The van der Waals surface area contributed by atoms with Crippen LogP contribution >= 0.6 is 11.8 Å². The molecule has 4 nitrogen and oxygen atoms in total. The quantitative estimate of drug-likeness (QED) is 0.609. The topological polar surface area (TPSA) is 69.6 Å². The van der Waals surface area contributed by atoms with Gasteiger partial charge in [0, 0.05) is 17.8 Å². The van der Waals surface area contributed by atoms with Gasteiger partial charge >= 0.3 is 5.97 Å². The summed E-state index contributed by atoms with van der Waals surface area (Å²) in [5.41, 5.74) is -0.771. The number of thioether (sulfide) groups is 1. The molecule has 5 heteroatoms. The van der Waals surface area contributed by atoms with Crippen molar-refractivity contribution in [3.8, 4) is 0 Å². The van der Waals surface area contributed by atoms with Gasteiger partial charge in [-0.05, 0) is 27.0 Å². The Morgan fingerprint density at radius 3 is 2.40 bits per heavy atom. The Labute approximate surface area is 95.4 Å². The molecule has 0 spiro atoms. The normalized spacial score (nSPS) is 16.1. The summed E-state index contributed by atoms with van der Waals surface area (Å²) in [6, 6.07) is 0.101.